The van der Waals surface area contributed by atoms with Crippen molar-refractivity contribution >= 4 is 5.91 Å². The van der Waals surface area contributed by atoms with Crippen LogP contribution < -0.4 is 10.1 Å². The van der Waals surface area contributed by atoms with Gasteiger partial charge in [0.2, 0.25) is 11.8 Å². The number of aromatic nitrogens is 1. The summed E-state index contributed by atoms with van der Waals surface area (Å²) in [6.07, 6.45) is 1.92. The van der Waals surface area contributed by atoms with Gasteiger partial charge in [-0.1, -0.05) is 6.07 Å². The Balaban J connectivity index is 1.53. The van der Waals surface area contributed by atoms with Crippen LogP contribution in [0.1, 0.15) is 12.0 Å². The first kappa shape index (κ1) is 19.2. The number of carbonyl (C=O) groups is 1. The minimum atomic E-state index is -0.999. The number of amides is 1. The second kappa shape index (κ2) is 9.38. The van der Waals surface area contributed by atoms with Gasteiger partial charge < -0.3 is 14.8 Å². The van der Waals surface area contributed by atoms with E-state index in [-0.39, 0.29) is 24.1 Å². The zero-order valence-corrected chi connectivity index (χ0v) is 14.8. The molecule has 1 N–H and O–H groups in total. The number of rotatable bonds is 7. The lowest BCUT2D eigenvalue weighted by molar-refractivity contribution is -0.121. The van der Waals surface area contributed by atoms with Gasteiger partial charge >= 0.3 is 0 Å². The van der Waals surface area contributed by atoms with Gasteiger partial charge in [-0.2, -0.15) is 0 Å². The van der Waals surface area contributed by atoms with E-state index in [0.717, 1.165) is 25.2 Å². The highest BCUT2D eigenvalue weighted by Gasteiger charge is 2.13. The van der Waals surface area contributed by atoms with Gasteiger partial charge in [-0.25, -0.2) is 13.8 Å². The number of pyridine rings is 1. The number of nitrogens with zero attached hydrogens (tertiary/aromatic N) is 2. The zero-order chi connectivity index (χ0) is 19.1. The Morgan fingerprint density at radius 1 is 1.22 bits per heavy atom. The average Bonchev–Trinajstić information content (AvgIpc) is 2.69. The van der Waals surface area contributed by atoms with E-state index in [0.29, 0.717) is 31.7 Å². The molecule has 1 aliphatic heterocycles. The molecule has 27 heavy (non-hydrogen) atoms. The van der Waals surface area contributed by atoms with Crippen LogP contribution in [0.4, 0.5) is 8.78 Å². The molecule has 6 nitrogen and oxygen atoms in total. The molecule has 0 radical (unpaired) electrons. The van der Waals surface area contributed by atoms with Crippen LogP contribution in [0.25, 0.3) is 0 Å². The first-order valence-electron chi connectivity index (χ1n) is 8.75. The first-order valence-corrected chi connectivity index (χ1v) is 8.75. The number of ether oxygens (including phenoxy) is 2. The second-order valence-corrected chi connectivity index (χ2v) is 6.13. The summed E-state index contributed by atoms with van der Waals surface area (Å²) in [6.45, 7) is 3.98. The SMILES string of the molecule is O=C(CCN1CCOCC1)NCc1cccnc1Oc1ccc(F)c(F)c1. The molecule has 8 heteroatoms. The smallest absolute Gasteiger partial charge is 0.224 e. The van der Waals surface area contributed by atoms with E-state index in [2.05, 4.69) is 15.2 Å². The Bertz CT molecular complexity index is 783. The monoisotopic (exact) mass is 377 g/mol. The predicted molar refractivity (Wildman–Crippen MR) is 94.4 cm³/mol. The molecule has 1 aromatic heterocycles. The van der Waals surface area contributed by atoms with Gasteiger partial charge in [0.15, 0.2) is 11.6 Å². The maximum Gasteiger partial charge on any atom is 0.224 e. The quantitative estimate of drug-likeness (QED) is 0.803. The summed E-state index contributed by atoms with van der Waals surface area (Å²) in [6, 6.07) is 6.73. The summed E-state index contributed by atoms with van der Waals surface area (Å²) in [5, 5.41) is 2.83. The number of benzene rings is 1. The van der Waals surface area contributed by atoms with E-state index in [1.807, 2.05) is 0 Å². The fourth-order valence-corrected chi connectivity index (χ4v) is 2.67. The molecule has 1 aromatic carbocycles. The minimum Gasteiger partial charge on any atom is -0.439 e. The molecule has 0 bridgehead atoms. The van der Waals surface area contributed by atoms with E-state index in [4.69, 9.17) is 9.47 Å². The molecule has 144 valence electrons. The largest absolute Gasteiger partial charge is 0.439 e. The summed E-state index contributed by atoms with van der Waals surface area (Å²) in [4.78, 5) is 18.4. The molecule has 2 heterocycles. The van der Waals surface area contributed by atoms with E-state index < -0.39 is 11.6 Å². The van der Waals surface area contributed by atoms with Crippen molar-refractivity contribution in [2.45, 2.75) is 13.0 Å². The Labute approximate surface area is 156 Å². The van der Waals surface area contributed by atoms with Gasteiger partial charge in [0.25, 0.3) is 0 Å². The molecule has 1 aliphatic rings. The maximum absolute atomic E-state index is 13.3. The van der Waals surface area contributed by atoms with E-state index in [9.17, 15) is 13.6 Å². The Morgan fingerprint density at radius 3 is 2.81 bits per heavy atom. The van der Waals surface area contributed by atoms with Crippen LogP contribution >= 0.6 is 0 Å². The number of carbonyl (C=O) groups excluding carboxylic acids is 1. The van der Waals surface area contributed by atoms with Crippen LogP contribution in [-0.4, -0.2) is 48.6 Å². The molecular formula is C19H21F2N3O3. The highest BCUT2D eigenvalue weighted by Crippen LogP contribution is 2.24. The van der Waals surface area contributed by atoms with Crippen LogP contribution in [0.3, 0.4) is 0 Å². The standard InChI is InChI=1S/C19H21F2N3O3/c20-16-4-3-15(12-17(16)21)27-19-14(2-1-6-22-19)13-23-18(25)5-7-24-8-10-26-11-9-24/h1-4,6,12H,5,7-11,13H2,(H,23,25). The Kier molecular flexibility index (Phi) is 6.67. The molecule has 1 saturated heterocycles. The third-order valence-corrected chi connectivity index (χ3v) is 4.19. The van der Waals surface area contributed by atoms with Crippen molar-refractivity contribution in [3.8, 4) is 11.6 Å². The normalized spacial score (nSPS) is 14.7. The number of hydrogen-bond donors (Lipinski definition) is 1. The van der Waals surface area contributed by atoms with Crippen LogP contribution in [0, 0.1) is 11.6 Å². The number of halogens is 2. The van der Waals surface area contributed by atoms with Gasteiger partial charge in [0.1, 0.15) is 5.75 Å². The van der Waals surface area contributed by atoms with Gasteiger partial charge in [0.05, 0.1) is 13.2 Å². The molecule has 0 unspecified atom stereocenters. The van der Waals surface area contributed by atoms with Crippen molar-refractivity contribution in [3.05, 3.63) is 53.7 Å². The van der Waals surface area contributed by atoms with Crippen molar-refractivity contribution in [1.29, 1.82) is 0 Å². The van der Waals surface area contributed by atoms with Crippen LogP contribution in [0.5, 0.6) is 11.6 Å². The van der Waals surface area contributed by atoms with E-state index in [1.54, 1.807) is 12.1 Å². The first-order chi connectivity index (χ1) is 13.1. The molecule has 1 fully saturated rings. The fourth-order valence-electron chi connectivity index (χ4n) is 2.67. The van der Waals surface area contributed by atoms with Crippen LogP contribution in [-0.2, 0) is 16.1 Å². The summed E-state index contributed by atoms with van der Waals surface area (Å²) >= 11 is 0. The van der Waals surface area contributed by atoms with Crippen molar-refractivity contribution in [2.75, 3.05) is 32.8 Å². The third kappa shape index (κ3) is 5.70. The van der Waals surface area contributed by atoms with Gasteiger partial charge in [-0.05, 0) is 18.2 Å². The molecule has 1 amide bonds. The topological polar surface area (TPSA) is 63.7 Å². The number of morpholine rings is 1. The lowest BCUT2D eigenvalue weighted by Crippen LogP contribution is -2.38. The Hall–Kier alpha value is -2.58. The van der Waals surface area contributed by atoms with Crippen molar-refractivity contribution in [3.63, 3.8) is 0 Å². The van der Waals surface area contributed by atoms with Crippen LogP contribution in [0.15, 0.2) is 36.5 Å². The molecular weight excluding hydrogens is 356 g/mol. The molecule has 0 aliphatic carbocycles. The highest BCUT2D eigenvalue weighted by molar-refractivity contribution is 5.76. The zero-order valence-electron chi connectivity index (χ0n) is 14.8. The van der Waals surface area contributed by atoms with Gasteiger partial charge in [0, 0.05) is 50.4 Å². The molecule has 3 rings (SSSR count). The summed E-state index contributed by atoms with van der Waals surface area (Å²) < 4.78 is 37.2. The lowest BCUT2D eigenvalue weighted by Gasteiger charge is -2.26. The van der Waals surface area contributed by atoms with E-state index in [1.165, 1.54) is 12.3 Å². The number of hydrogen-bond acceptors (Lipinski definition) is 5. The summed E-state index contributed by atoms with van der Waals surface area (Å²) in [7, 11) is 0. The summed E-state index contributed by atoms with van der Waals surface area (Å²) in [5.74, 6) is -1.66. The maximum atomic E-state index is 13.3. The molecule has 2 aromatic rings. The third-order valence-electron chi connectivity index (χ3n) is 4.19. The van der Waals surface area contributed by atoms with Gasteiger partial charge in [-0.3, -0.25) is 9.69 Å². The average molecular weight is 377 g/mol. The lowest BCUT2D eigenvalue weighted by atomic mass is 10.2. The Morgan fingerprint density at radius 2 is 2.04 bits per heavy atom. The van der Waals surface area contributed by atoms with Crippen molar-refractivity contribution in [1.82, 2.24) is 15.2 Å². The van der Waals surface area contributed by atoms with Crippen LogP contribution in [0.2, 0.25) is 0 Å². The predicted octanol–water partition coefficient (Wildman–Crippen LogP) is 2.49. The molecule has 0 atom stereocenters. The fraction of sp³-hybridized carbons (Fsp3) is 0.368. The van der Waals surface area contributed by atoms with Gasteiger partial charge in [-0.15, -0.1) is 0 Å². The number of nitrogens with one attached hydrogen (secondary N) is 1. The molecule has 0 spiro atoms. The van der Waals surface area contributed by atoms with E-state index >= 15 is 0 Å². The van der Waals surface area contributed by atoms with Crippen molar-refractivity contribution in [2.24, 2.45) is 0 Å². The summed E-state index contributed by atoms with van der Waals surface area (Å²) in [5.41, 5.74) is 0.641. The highest BCUT2D eigenvalue weighted by atomic mass is 19.2. The minimum absolute atomic E-state index is 0.0795. The van der Waals surface area contributed by atoms with Crippen molar-refractivity contribution < 1.29 is 23.0 Å². The second-order valence-electron chi connectivity index (χ2n) is 6.13. The molecule has 0 saturated carbocycles.